The fraction of sp³-hybridized carbons (Fsp3) is 0.409. The van der Waals surface area contributed by atoms with Crippen LogP contribution in [0.1, 0.15) is 43.2 Å². The first kappa shape index (κ1) is 18.6. The van der Waals surface area contributed by atoms with Crippen molar-refractivity contribution in [1.82, 2.24) is 19.4 Å². The van der Waals surface area contributed by atoms with E-state index in [-0.39, 0.29) is 17.8 Å². The normalized spacial score (nSPS) is 15.2. The molecule has 0 bridgehead atoms. The van der Waals surface area contributed by atoms with Crippen molar-refractivity contribution >= 4 is 11.0 Å². The number of aryl methyl sites for hydroxylation is 1. The summed E-state index contributed by atoms with van der Waals surface area (Å²) in [6.07, 6.45) is 7.86. The second-order valence-electron chi connectivity index (χ2n) is 7.60. The SMILES string of the molecule is Cn1c(=O)n(Cc2ccccc2)c(=O)c2c(CNC3CCCCC3)ccnc21. The first-order valence-corrected chi connectivity index (χ1v) is 10.00. The molecule has 0 atom stereocenters. The Hall–Kier alpha value is -2.73. The van der Waals surface area contributed by atoms with E-state index in [1.165, 1.54) is 41.2 Å². The van der Waals surface area contributed by atoms with Gasteiger partial charge in [0.2, 0.25) is 0 Å². The minimum Gasteiger partial charge on any atom is -0.310 e. The fourth-order valence-electron chi connectivity index (χ4n) is 4.08. The van der Waals surface area contributed by atoms with E-state index in [2.05, 4.69) is 10.3 Å². The van der Waals surface area contributed by atoms with Crippen LogP contribution in [0, 0.1) is 0 Å². The summed E-state index contributed by atoms with van der Waals surface area (Å²) in [6, 6.07) is 12.0. The van der Waals surface area contributed by atoms with Gasteiger partial charge in [0.15, 0.2) is 0 Å². The van der Waals surface area contributed by atoms with Crippen LogP contribution in [0.4, 0.5) is 0 Å². The molecular weight excluding hydrogens is 352 g/mol. The van der Waals surface area contributed by atoms with Crippen LogP contribution < -0.4 is 16.6 Å². The van der Waals surface area contributed by atoms with Crippen molar-refractivity contribution in [1.29, 1.82) is 0 Å². The van der Waals surface area contributed by atoms with Gasteiger partial charge in [0.05, 0.1) is 11.9 Å². The highest BCUT2D eigenvalue weighted by Gasteiger charge is 2.17. The molecule has 0 amide bonds. The van der Waals surface area contributed by atoms with E-state index in [0.717, 1.165) is 11.1 Å². The first-order chi connectivity index (χ1) is 13.6. The van der Waals surface area contributed by atoms with Crippen molar-refractivity contribution in [2.75, 3.05) is 0 Å². The van der Waals surface area contributed by atoms with Crippen LogP contribution in [0.2, 0.25) is 0 Å². The van der Waals surface area contributed by atoms with Gasteiger partial charge in [-0.1, -0.05) is 49.6 Å². The number of nitrogens with zero attached hydrogens (tertiary/aromatic N) is 3. The second kappa shape index (κ2) is 8.10. The van der Waals surface area contributed by atoms with Gasteiger partial charge in [0.25, 0.3) is 5.56 Å². The van der Waals surface area contributed by atoms with Gasteiger partial charge in [-0.25, -0.2) is 9.78 Å². The van der Waals surface area contributed by atoms with Crippen LogP contribution in [0.25, 0.3) is 11.0 Å². The highest BCUT2D eigenvalue weighted by atomic mass is 16.2. The zero-order valence-electron chi connectivity index (χ0n) is 16.2. The van der Waals surface area contributed by atoms with Crippen LogP contribution >= 0.6 is 0 Å². The Labute approximate surface area is 163 Å². The van der Waals surface area contributed by atoms with Gasteiger partial charge in [0, 0.05) is 25.8 Å². The Morgan fingerprint density at radius 2 is 1.82 bits per heavy atom. The molecule has 1 saturated carbocycles. The van der Waals surface area contributed by atoms with Crippen LogP contribution in [0.15, 0.2) is 52.2 Å². The van der Waals surface area contributed by atoms with Crippen molar-refractivity contribution in [3.05, 3.63) is 74.6 Å². The third-order valence-electron chi connectivity index (χ3n) is 5.68. The van der Waals surface area contributed by atoms with Crippen LogP contribution in [-0.2, 0) is 20.1 Å². The number of hydrogen-bond acceptors (Lipinski definition) is 4. The van der Waals surface area contributed by atoms with Gasteiger partial charge >= 0.3 is 5.69 Å². The van der Waals surface area contributed by atoms with Crippen molar-refractivity contribution in [3.63, 3.8) is 0 Å². The lowest BCUT2D eigenvalue weighted by Crippen LogP contribution is -2.40. The van der Waals surface area contributed by atoms with Gasteiger partial charge in [-0.3, -0.25) is 13.9 Å². The predicted molar refractivity (Wildman–Crippen MR) is 111 cm³/mol. The van der Waals surface area contributed by atoms with E-state index >= 15 is 0 Å². The number of benzene rings is 1. The number of hydrogen-bond donors (Lipinski definition) is 1. The molecule has 0 aliphatic heterocycles. The maximum absolute atomic E-state index is 13.3. The maximum atomic E-state index is 13.3. The average molecular weight is 378 g/mol. The Kier molecular flexibility index (Phi) is 5.39. The predicted octanol–water partition coefficient (Wildman–Crippen LogP) is 2.57. The summed E-state index contributed by atoms with van der Waals surface area (Å²) >= 11 is 0. The van der Waals surface area contributed by atoms with E-state index in [1.807, 2.05) is 36.4 Å². The summed E-state index contributed by atoms with van der Waals surface area (Å²) in [5.74, 6) is 0. The topological polar surface area (TPSA) is 68.9 Å². The van der Waals surface area contributed by atoms with Gasteiger partial charge in [-0.05, 0) is 30.0 Å². The van der Waals surface area contributed by atoms with Gasteiger partial charge in [-0.2, -0.15) is 0 Å². The van der Waals surface area contributed by atoms with Crippen molar-refractivity contribution in [2.24, 2.45) is 7.05 Å². The maximum Gasteiger partial charge on any atom is 0.332 e. The lowest BCUT2D eigenvalue weighted by atomic mass is 9.95. The largest absolute Gasteiger partial charge is 0.332 e. The molecule has 1 fully saturated rings. The number of fused-ring (bicyclic) bond motifs is 1. The van der Waals surface area contributed by atoms with E-state index in [9.17, 15) is 9.59 Å². The lowest BCUT2D eigenvalue weighted by molar-refractivity contribution is 0.372. The molecule has 1 aromatic carbocycles. The Morgan fingerprint density at radius 3 is 2.57 bits per heavy atom. The summed E-state index contributed by atoms with van der Waals surface area (Å²) in [5, 5.41) is 4.13. The summed E-state index contributed by atoms with van der Waals surface area (Å²) in [6.45, 7) is 0.870. The molecule has 1 aliphatic carbocycles. The Morgan fingerprint density at radius 1 is 1.07 bits per heavy atom. The molecule has 0 radical (unpaired) electrons. The molecule has 4 rings (SSSR count). The molecule has 1 aliphatic rings. The summed E-state index contributed by atoms with van der Waals surface area (Å²) in [5.41, 5.74) is 1.66. The zero-order chi connectivity index (χ0) is 19.5. The molecule has 6 heteroatoms. The monoisotopic (exact) mass is 378 g/mol. The lowest BCUT2D eigenvalue weighted by Gasteiger charge is -2.23. The number of nitrogens with one attached hydrogen (secondary N) is 1. The smallest absolute Gasteiger partial charge is 0.310 e. The molecule has 0 unspecified atom stereocenters. The Bertz CT molecular complexity index is 1080. The standard InChI is InChI=1S/C22H26N4O2/c1-25-20-19(17(12-13-23-20)14-24-18-10-6-3-7-11-18)21(27)26(22(25)28)15-16-8-4-2-5-9-16/h2,4-5,8-9,12-13,18,24H,3,6-7,10-11,14-15H2,1H3. The molecule has 6 nitrogen and oxygen atoms in total. The Balaban J connectivity index is 1.75. The second-order valence-corrected chi connectivity index (χ2v) is 7.60. The summed E-state index contributed by atoms with van der Waals surface area (Å²) in [4.78, 5) is 30.4. The molecule has 2 aromatic heterocycles. The average Bonchev–Trinajstić information content (AvgIpc) is 2.75. The molecule has 2 heterocycles. The molecule has 3 aromatic rings. The zero-order valence-corrected chi connectivity index (χ0v) is 16.2. The third kappa shape index (κ3) is 3.64. The first-order valence-electron chi connectivity index (χ1n) is 10.00. The minimum atomic E-state index is -0.341. The number of rotatable bonds is 5. The quantitative estimate of drug-likeness (QED) is 0.741. The van der Waals surface area contributed by atoms with Crippen molar-refractivity contribution in [3.8, 4) is 0 Å². The summed E-state index contributed by atoms with van der Waals surface area (Å²) < 4.78 is 2.78. The van der Waals surface area contributed by atoms with Crippen molar-refractivity contribution < 1.29 is 0 Å². The summed E-state index contributed by atoms with van der Waals surface area (Å²) in [7, 11) is 1.68. The molecule has 0 saturated heterocycles. The molecule has 146 valence electrons. The van der Waals surface area contributed by atoms with Gasteiger partial charge in [-0.15, -0.1) is 0 Å². The van der Waals surface area contributed by atoms with Crippen LogP contribution in [-0.4, -0.2) is 20.2 Å². The van der Waals surface area contributed by atoms with Gasteiger partial charge in [0.1, 0.15) is 5.65 Å². The van der Waals surface area contributed by atoms with E-state index in [0.29, 0.717) is 23.6 Å². The van der Waals surface area contributed by atoms with E-state index in [4.69, 9.17) is 0 Å². The molecular formula is C22H26N4O2. The van der Waals surface area contributed by atoms with Crippen LogP contribution in [0.3, 0.4) is 0 Å². The fourth-order valence-corrected chi connectivity index (χ4v) is 4.08. The number of pyridine rings is 1. The molecule has 28 heavy (non-hydrogen) atoms. The number of aromatic nitrogens is 3. The highest BCUT2D eigenvalue weighted by Crippen LogP contribution is 2.19. The van der Waals surface area contributed by atoms with Gasteiger partial charge < -0.3 is 5.32 Å². The van der Waals surface area contributed by atoms with Crippen LogP contribution in [0.5, 0.6) is 0 Å². The molecule has 0 spiro atoms. The van der Waals surface area contributed by atoms with E-state index in [1.54, 1.807) is 13.2 Å². The highest BCUT2D eigenvalue weighted by molar-refractivity contribution is 5.77. The van der Waals surface area contributed by atoms with Crippen molar-refractivity contribution in [2.45, 2.75) is 51.2 Å². The minimum absolute atomic E-state index is 0.257. The molecule has 1 N–H and O–H groups in total. The third-order valence-corrected chi connectivity index (χ3v) is 5.68. The van der Waals surface area contributed by atoms with E-state index < -0.39 is 0 Å².